The lowest BCUT2D eigenvalue weighted by Gasteiger charge is -2.20. The fourth-order valence-electron chi connectivity index (χ4n) is 4.01. The zero-order chi connectivity index (χ0) is 22.5. The molecule has 0 atom stereocenters. The number of aromatic nitrogens is 1. The number of benzene rings is 2. The summed E-state index contributed by atoms with van der Waals surface area (Å²) >= 11 is 6.39. The van der Waals surface area contributed by atoms with Crippen molar-refractivity contribution in [2.45, 2.75) is 53.5 Å². The number of carbonyl (C=O) groups is 1. The van der Waals surface area contributed by atoms with Crippen LogP contribution in [0.1, 0.15) is 52.3 Å². The lowest BCUT2D eigenvalue weighted by molar-refractivity contribution is 0.102. The van der Waals surface area contributed by atoms with Crippen LogP contribution >= 0.6 is 11.6 Å². The largest absolute Gasteiger partial charge is 0.346 e. The number of hydrogen-bond acceptors (Lipinski definition) is 2. The molecule has 1 heterocycles. The minimum absolute atomic E-state index is 0.100. The van der Waals surface area contributed by atoms with Crippen LogP contribution in [0.2, 0.25) is 5.02 Å². The number of amides is 1. The monoisotopic (exact) mass is 436 g/mol. The molecule has 162 valence electrons. The number of para-hydroxylation sites is 1. The Morgan fingerprint density at radius 3 is 2.13 bits per heavy atom. The van der Waals surface area contributed by atoms with E-state index >= 15 is 0 Å². The van der Waals surface area contributed by atoms with E-state index < -0.39 is 11.3 Å². The Kier molecular flexibility index (Phi) is 7.34. The number of pyridine rings is 1. The molecule has 3 rings (SSSR count). The van der Waals surface area contributed by atoms with Crippen LogP contribution in [0.5, 0.6) is 0 Å². The Morgan fingerprint density at radius 2 is 1.55 bits per heavy atom. The van der Waals surface area contributed by atoms with Crippen molar-refractivity contribution in [1.29, 1.82) is 0 Å². The van der Waals surface area contributed by atoms with E-state index in [1.165, 1.54) is 5.56 Å². The van der Waals surface area contributed by atoms with Crippen molar-refractivity contribution in [2.75, 3.05) is 5.32 Å². The van der Waals surface area contributed by atoms with Gasteiger partial charge in [0.15, 0.2) is 0 Å². The molecule has 0 aliphatic carbocycles. The number of rotatable bonds is 7. The van der Waals surface area contributed by atoms with E-state index in [2.05, 4.69) is 31.3 Å². The number of halogens is 1. The van der Waals surface area contributed by atoms with Gasteiger partial charge in [0.05, 0.1) is 0 Å². The van der Waals surface area contributed by atoms with E-state index in [0.717, 1.165) is 36.1 Å². The number of carbonyl (C=O) groups excluding carboxylic acids is 1. The highest BCUT2D eigenvalue weighted by molar-refractivity contribution is 6.31. The molecule has 0 unspecified atom stereocenters. The van der Waals surface area contributed by atoms with Gasteiger partial charge in [-0.25, -0.2) is 0 Å². The summed E-state index contributed by atoms with van der Waals surface area (Å²) in [4.78, 5) is 26.3. The molecule has 5 heteroatoms. The second-order valence-electron chi connectivity index (χ2n) is 7.69. The molecule has 4 nitrogen and oxygen atoms in total. The highest BCUT2D eigenvalue weighted by Gasteiger charge is 2.22. The highest BCUT2D eigenvalue weighted by atomic mass is 35.5. The van der Waals surface area contributed by atoms with Gasteiger partial charge in [-0.3, -0.25) is 9.59 Å². The van der Waals surface area contributed by atoms with Gasteiger partial charge in [-0.1, -0.05) is 74.0 Å². The molecule has 2 aromatic carbocycles. The number of anilines is 1. The Labute approximate surface area is 188 Å². The zero-order valence-electron chi connectivity index (χ0n) is 18.6. The van der Waals surface area contributed by atoms with Crippen LogP contribution in [-0.2, 0) is 25.8 Å². The van der Waals surface area contributed by atoms with Crippen LogP contribution in [0, 0.1) is 13.8 Å². The molecule has 0 radical (unpaired) electrons. The minimum Gasteiger partial charge on any atom is -0.346 e. The first-order valence-electron chi connectivity index (χ1n) is 10.7. The molecule has 0 saturated heterocycles. The van der Waals surface area contributed by atoms with E-state index in [9.17, 15) is 9.59 Å². The molecular formula is C26H29ClN2O2. The van der Waals surface area contributed by atoms with Crippen molar-refractivity contribution >= 4 is 23.2 Å². The van der Waals surface area contributed by atoms with E-state index in [-0.39, 0.29) is 10.6 Å². The summed E-state index contributed by atoms with van der Waals surface area (Å²) in [5, 5.41) is 3.12. The van der Waals surface area contributed by atoms with E-state index in [1.807, 2.05) is 54.8 Å². The summed E-state index contributed by atoms with van der Waals surface area (Å²) in [5.41, 5.74) is 5.08. The fourth-order valence-corrected chi connectivity index (χ4v) is 4.21. The van der Waals surface area contributed by atoms with Gasteiger partial charge in [0, 0.05) is 23.6 Å². The van der Waals surface area contributed by atoms with Crippen LogP contribution in [0.4, 0.5) is 5.69 Å². The van der Waals surface area contributed by atoms with Crippen LogP contribution in [0.3, 0.4) is 0 Å². The van der Waals surface area contributed by atoms with Crippen LogP contribution in [0.15, 0.2) is 53.3 Å². The smallest absolute Gasteiger partial charge is 0.261 e. The van der Waals surface area contributed by atoms with Gasteiger partial charge in [0.1, 0.15) is 10.6 Å². The predicted molar refractivity (Wildman–Crippen MR) is 128 cm³/mol. The fraction of sp³-hybridized carbons (Fsp3) is 0.308. The van der Waals surface area contributed by atoms with Gasteiger partial charge < -0.3 is 9.88 Å². The summed E-state index contributed by atoms with van der Waals surface area (Å²) in [5.74, 6) is -0.409. The van der Waals surface area contributed by atoms with Crippen molar-refractivity contribution in [1.82, 2.24) is 4.57 Å². The minimum atomic E-state index is -0.419. The van der Waals surface area contributed by atoms with Gasteiger partial charge in [-0.2, -0.15) is 0 Å². The average Bonchev–Trinajstić information content (AvgIpc) is 2.78. The molecule has 0 aliphatic heterocycles. The summed E-state index contributed by atoms with van der Waals surface area (Å²) in [6, 6.07) is 16.1. The van der Waals surface area contributed by atoms with Crippen molar-refractivity contribution < 1.29 is 4.79 Å². The third kappa shape index (κ3) is 4.75. The van der Waals surface area contributed by atoms with Crippen LogP contribution in [-0.4, -0.2) is 10.5 Å². The highest BCUT2D eigenvalue weighted by Crippen LogP contribution is 2.24. The maximum absolute atomic E-state index is 13.3. The Morgan fingerprint density at radius 1 is 0.935 bits per heavy atom. The molecule has 0 aliphatic rings. The van der Waals surface area contributed by atoms with Gasteiger partial charge in [0.25, 0.3) is 5.91 Å². The Bertz CT molecular complexity index is 1130. The first-order chi connectivity index (χ1) is 14.9. The van der Waals surface area contributed by atoms with E-state index in [4.69, 9.17) is 11.6 Å². The molecule has 0 bridgehead atoms. The summed E-state index contributed by atoms with van der Waals surface area (Å²) in [6.07, 6.45) is 2.36. The van der Waals surface area contributed by atoms with Gasteiger partial charge in [-0.05, 0) is 49.8 Å². The molecule has 0 fully saturated rings. The predicted octanol–water partition coefficient (Wildman–Crippen LogP) is 5.74. The van der Waals surface area contributed by atoms with Crippen LogP contribution < -0.4 is 10.7 Å². The third-order valence-corrected chi connectivity index (χ3v) is 6.29. The first-order valence-corrected chi connectivity index (χ1v) is 11.1. The lowest BCUT2D eigenvalue weighted by Crippen LogP contribution is -2.29. The van der Waals surface area contributed by atoms with Crippen LogP contribution in [0.25, 0.3) is 0 Å². The number of nitrogens with zero attached hydrogens (tertiary/aromatic N) is 1. The number of hydrogen-bond donors (Lipinski definition) is 1. The SMILES string of the molecule is CCc1cccc(CC)c1NC(=O)c1c(C)n(CCc2ccccc2)c(C)c(Cl)c1=O. The van der Waals surface area contributed by atoms with Crippen molar-refractivity contribution in [3.63, 3.8) is 0 Å². The number of nitrogens with one attached hydrogen (secondary N) is 1. The second-order valence-corrected chi connectivity index (χ2v) is 8.07. The quantitative estimate of drug-likeness (QED) is 0.513. The van der Waals surface area contributed by atoms with E-state index in [1.54, 1.807) is 0 Å². The zero-order valence-corrected chi connectivity index (χ0v) is 19.3. The molecule has 1 amide bonds. The molecule has 31 heavy (non-hydrogen) atoms. The van der Waals surface area contributed by atoms with Gasteiger partial charge >= 0.3 is 0 Å². The Hall–Kier alpha value is -2.85. The summed E-state index contributed by atoms with van der Waals surface area (Å²) in [7, 11) is 0. The third-order valence-electron chi connectivity index (χ3n) is 5.85. The normalized spacial score (nSPS) is 10.9. The lowest BCUT2D eigenvalue weighted by atomic mass is 10.0. The topological polar surface area (TPSA) is 51.1 Å². The van der Waals surface area contributed by atoms with Gasteiger partial charge in [-0.15, -0.1) is 0 Å². The van der Waals surface area contributed by atoms with Gasteiger partial charge in [0.2, 0.25) is 5.43 Å². The molecule has 3 aromatic rings. The van der Waals surface area contributed by atoms with Crippen molar-refractivity contribution in [3.05, 3.63) is 97.4 Å². The molecular weight excluding hydrogens is 408 g/mol. The van der Waals surface area contributed by atoms with E-state index in [0.29, 0.717) is 17.9 Å². The molecule has 1 N–H and O–H groups in total. The second kappa shape index (κ2) is 9.97. The molecule has 0 spiro atoms. The average molecular weight is 437 g/mol. The Balaban J connectivity index is 2.00. The number of aryl methyl sites for hydroxylation is 3. The van der Waals surface area contributed by atoms with Crippen molar-refractivity contribution in [2.24, 2.45) is 0 Å². The summed E-state index contributed by atoms with van der Waals surface area (Å²) in [6.45, 7) is 8.37. The maximum atomic E-state index is 13.3. The first kappa shape index (κ1) is 22.8. The maximum Gasteiger partial charge on any atom is 0.261 e. The molecule has 0 saturated carbocycles. The standard InChI is InChI=1S/C26H29ClN2O2/c1-5-20-13-10-14-21(6-2)24(20)28-26(31)22-17(3)29(18(4)23(27)25(22)30)16-15-19-11-8-7-9-12-19/h7-14H,5-6,15-16H2,1-4H3,(H,28,31). The molecule has 1 aromatic heterocycles. The van der Waals surface area contributed by atoms with Crippen molar-refractivity contribution in [3.8, 4) is 0 Å². The summed E-state index contributed by atoms with van der Waals surface area (Å²) < 4.78 is 1.97.